The number of hydrogen-bond donors (Lipinski definition) is 1. The zero-order chi connectivity index (χ0) is 13.2. The van der Waals surface area contributed by atoms with E-state index in [0.29, 0.717) is 6.20 Å². The first-order chi connectivity index (χ1) is 7.76. The molecule has 0 saturated carbocycles. The second kappa shape index (κ2) is 4.60. The van der Waals surface area contributed by atoms with Gasteiger partial charge in [0.05, 0.1) is 13.3 Å². The van der Waals surface area contributed by atoms with Crippen LogP contribution in [-0.2, 0) is 0 Å². The number of pyridine rings is 1. The summed E-state index contributed by atoms with van der Waals surface area (Å²) in [5, 5.41) is 9.05. The van der Waals surface area contributed by atoms with Crippen LogP contribution in [0.15, 0.2) is 6.20 Å². The molecule has 1 aromatic heterocycles. The maximum absolute atomic E-state index is 12.6. The Morgan fingerprint density at radius 1 is 1.35 bits per heavy atom. The molecule has 1 rings (SSSR count). The average molecular weight is 259 g/mol. The minimum Gasteiger partial charge on any atom is -0.503 e. The number of aromatic hydroxyl groups is 1. The van der Waals surface area contributed by atoms with E-state index < -0.39 is 35.7 Å². The molecule has 4 nitrogen and oxygen atoms in total. The summed E-state index contributed by atoms with van der Waals surface area (Å²) in [6.45, 7) is 0. The largest absolute Gasteiger partial charge is 0.573 e. The molecule has 0 atom stereocenters. The summed E-state index contributed by atoms with van der Waals surface area (Å²) >= 11 is 0. The number of nitrogens with zero attached hydrogens (tertiary/aromatic N) is 1. The fraction of sp³-hybridized carbons (Fsp3) is 0.375. The first kappa shape index (κ1) is 13.3. The molecule has 0 spiro atoms. The summed E-state index contributed by atoms with van der Waals surface area (Å²) in [7, 11) is 0.947. The van der Waals surface area contributed by atoms with Crippen LogP contribution in [0.25, 0.3) is 0 Å². The van der Waals surface area contributed by atoms with Gasteiger partial charge in [0, 0.05) is 0 Å². The van der Waals surface area contributed by atoms with Gasteiger partial charge in [-0.2, -0.15) is 0 Å². The Labute approximate surface area is 91.6 Å². The SMILES string of the molecule is COc1ncc(O)c(OC(F)(F)F)c1C(F)F. The molecule has 17 heavy (non-hydrogen) atoms. The van der Waals surface area contributed by atoms with Crippen molar-refractivity contribution in [2.24, 2.45) is 0 Å². The Hall–Kier alpha value is -1.80. The second-order valence-electron chi connectivity index (χ2n) is 2.74. The first-order valence-corrected chi connectivity index (χ1v) is 4.06. The molecule has 0 unspecified atom stereocenters. The van der Waals surface area contributed by atoms with Crippen LogP contribution in [0.5, 0.6) is 17.4 Å². The number of ether oxygens (including phenoxy) is 2. The van der Waals surface area contributed by atoms with Gasteiger partial charge in [0.25, 0.3) is 6.43 Å². The normalized spacial score (nSPS) is 11.7. The minimum absolute atomic E-state index is 0.520. The number of methoxy groups -OCH3 is 1. The number of rotatable bonds is 3. The van der Waals surface area contributed by atoms with Gasteiger partial charge in [0.2, 0.25) is 5.88 Å². The van der Waals surface area contributed by atoms with Crippen molar-refractivity contribution in [3.05, 3.63) is 11.8 Å². The van der Waals surface area contributed by atoms with E-state index >= 15 is 0 Å². The lowest BCUT2D eigenvalue weighted by atomic mass is 10.2. The van der Waals surface area contributed by atoms with Crippen LogP contribution in [0.2, 0.25) is 0 Å². The van der Waals surface area contributed by atoms with Crippen LogP contribution in [0.4, 0.5) is 22.0 Å². The molecule has 0 radical (unpaired) electrons. The number of alkyl halides is 5. The molecule has 0 bridgehead atoms. The Balaban J connectivity index is 3.34. The van der Waals surface area contributed by atoms with Gasteiger partial charge in [-0.3, -0.25) is 0 Å². The summed E-state index contributed by atoms with van der Waals surface area (Å²) < 4.78 is 68.7. The zero-order valence-electron chi connectivity index (χ0n) is 8.26. The van der Waals surface area contributed by atoms with Crippen molar-refractivity contribution < 1.29 is 36.5 Å². The number of halogens is 5. The van der Waals surface area contributed by atoms with Crippen molar-refractivity contribution in [1.29, 1.82) is 0 Å². The highest BCUT2D eigenvalue weighted by atomic mass is 19.4. The fourth-order valence-corrected chi connectivity index (χ4v) is 1.06. The topological polar surface area (TPSA) is 51.6 Å². The van der Waals surface area contributed by atoms with E-state index in [1.54, 1.807) is 0 Å². The van der Waals surface area contributed by atoms with Crippen LogP contribution in [-0.4, -0.2) is 23.6 Å². The first-order valence-electron chi connectivity index (χ1n) is 4.06. The molecule has 96 valence electrons. The molecule has 0 aromatic carbocycles. The Morgan fingerprint density at radius 2 is 1.94 bits per heavy atom. The zero-order valence-corrected chi connectivity index (χ0v) is 8.26. The molecule has 1 aromatic rings. The van der Waals surface area contributed by atoms with E-state index in [4.69, 9.17) is 5.11 Å². The van der Waals surface area contributed by atoms with Gasteiger partial charge >= 0.3 is 6.36 Å². The maximum atomic E-state index is 12.6. The molecule has 0 aliphatic rings. The van der Waals surface area contributed by atoms with Crippen LogP contribution < -0.4 is 9.47 Å². The summed E-state index contributed by atoms with van der Waals surface area (Å²) in [6, 6.07) is 0. The Bertz CT molecular complexity index is 407. The van der Waals surface area contributed by atoms with E-state index in [0.717, 1.165) is 7.11 Å². The smallest absolute Gasteiger partial charge is 0.503 e. The third-order valence-electron chi connectivity index (χ3n) is 1.64. The van der Waals surface area contributed by atoms with E-state index in [2.05, 4.69) is 14.5 Å². The highest BCUT2D eigenvalue weighted by Crippen LogP contribution is 2.43. The summed E-state index contributed by atoms with van der Waals surface area (Å²) in [6.07, 6.45) is -8.04. The molecule has 1 heterocycles. The standard InChI is InChI=1S/C8H6F5NO3/c1-16-7-4(6(9)10)5(3(15)2-14-7)17-8(11,12)13/h2,6,15H,1H3. The van der Waals surface area contributed by atoms with Gasteiger partial charge in [-0.1, -0.05) is 0 Å². The highest BCUT2D eigenvalue weighted by Gasteiger charge is 2.36. The van der Waals surface area contributed by atoms with Crippen molar-refractivity contribution in [2.45, 2.75) is 12.8 Å². The molecule has 0 saturated heterocycles. The van der Waals surface area contributed by atoms with Crippen molar-refractivity contribution in [3.63, 3.8) is 0 Å². The number of hydrogen-bond acceptors (Lipinski definition) is 4. The van der Waals surface area contributed by atoms with Gasteiger partial charge in [-0.05, 0) is 0 Å². The van der Waals surface area contributed by atoms with Crippen molar-refractivity contribution in [1.82, 2.24) is 4.98 Å². The van der Waals surface area contributed by atoms with E-state index in [1.165, 1.54) is 0 Å². The Morgan fingerprint density at radius 3 is 2.35 bits per heavy atom. The highest BCUT2D eigenvalue weighted by molar-refractivity contribution is 5.49. The molecule has 0 fully saturated rings. The fourth-order valence-electron chi connectivity index (χ4n) is 1.06. The van der Waals surface area contributed by atoms with Gasteiger partial charge in [-0.25, -0.2) is 13.8 Å². The summed E-state index contributed by atoms with van der Waals surface area (Å²) in [4.78, 5) is 3.21. The van der Waals surface area contributed by atoms with Gasteiger partial charge in [0.15, 0.2) is 11.5 Å². The molecule has 0 aliphatic heterocycles. The lowest BCUT2D eigenvalue weighted by Crippen LogP contribution is -2.18. The van der Waals surface area contributed by atoms with Crippen LogP contribution >= 0.6 is 0 Å². The average Bonchev–Trinajstić information content (AvgIpc) is 2.18. The third kappa shape index (κ3) is 3.08. The quantitative estimate of drug-likeness (QED) is 0.848. The molecule has 0 amide bonds. The van der Waals surface area contributed by atoms with Gasteiger partial charge < -0.3 is 14.6 Å². The van der Waals surface area contributed by atoms with E-state index in [9.17, 15) is 22.0 Å². The molecule has 1 N–H and O–H groups in total. The van der Waals surface area contributed by atoms with Crippen molar-refractivity contribution >= 4 is 0 Å². The molecular weight excluding hydrogens is 253 g/mol. The van der Waals surface area contributed by atoms with Gasteiger partial charge in [0.1, 0.15) is 5.56 Å². The second-order valence-corrected chi connectivity index (χ2v) is 2.74. The predicted octanol–water partition coefficient (Wildman–Crippen LogP) is 2.63. The van der Waals surface area contributed by atoms with Crippen LogP contribution in [0.3, 0.4) is 0 Å². The molecular formula is C8H6F5NO3. The van der Waals surface area contributed by atoms with Crippen molar-refractivity contribution in [2.75, 3.05) is 7.11 Å². The van der Waals surface area contributed by atoms with Crippen LogP contribution in [0, 0.1) is 0 Å². The van der Waals surface area contributed by atoms with Crippen molar-refractivity contribution in [3.8, 4) is 17.4 Å². The lowest BCUT2D eigenvalue weighted by molar-refractivity contribution is -0.275. The minimum atomic E-state index is -5.21. The molecule has 9 heteroatoms. The summed E-state index contributed by atoms with van der Waals surface area (Å²) in [5.74, 6) is -3.32. The lowest BCUT2D eigenvalue weighted by Gasteiger charge is -2.15. The van der Waals surface area contributed by atoms with E-state index in [-0.39, 0.29) is 0 Å². The summed E-state index contributed by atoms with van der Waals surface area (Å²) in [5.41, 5.74) is -1.26. The van der Waals surface area contributed by atoms with Crippen LogP contribution in [0.1, 0.15) is 12.0 Å². The monoisotopic (exact) mass is 259 g/mol. The Kier molecular flexibility index (Phi) is 3.59. The van der Waals surface area contributed by atoms with E-state index in [1.807, 2.05) is 0 Å². The predicted molar refractivity (Wildman–Crippen MR) is 44.1 cm³/mol. The third-order valence-corrected chi connectivity index (χ3v) is 1.64. The number of aromatic nitrogens is 1. The molecule has 0 aliphatic carbocycles. The van der Waals surface area contributed by atoms with Gasteiger partial charge in [-0.15, -0.1) is 13.2 Å². The maximum Gasteiger partial charge on any atom is 0.573 e.